The third-order valence-electron chi connectivity index (χ3n) is 3.68. The molecule has 19 heavy (non-hydrogen) atoms. The van der Waals surface area contributed by atoms with Crippen molar-refractivity contribution in [1.29, 1.82) is 0 Å². The first-order chi connectivity index (χ1) is 9.11. The van der Waals surface area contributed by atoms with Crippen molar-refractivity contribution < 1.29 is 8.42 Å². The maximum Gasteiger partial charge on any atom is 0.165 e. The van der Waals surface area contributed by atoms with Crippen LogP contribution in [0, 0.1) is 0 Å². The van der Waals surface area contributed by atoms with E-state index < -0.39 is 9.84 Å². The van der Waals surface area contributed by atoms with Crippen LogP contribution in [0.15, 0.2) is 18.3 Å². The molecule has 7 heteroatoms. The van der Waals surface area contributed by atoms with Crippen LogP contribution >= 0.6 is 0 Å². The minimum atomic E-state index is -2.85. The summed E-state index contributed by atoms with van der Waals surface area (Å²) >= 11 is 0. The van der Waals surface area contributed by atoms with Crippen LogP contribution in [0.4, 0.5) is 0 Å². The number of hydrogen-bond acceptors (Lipinski definition) is 5. The lowest BCUT2D eigenvalue weighted by molar-refractivity contribution is 0.534. The first-order valence-electron chi connectivity index (χ1n) is 6.34. The molecule has 0 spiro atoms. The summed E-state index contributed by atoms with van der Waals surface area (Å²) < 4.78 is 24.9. The van der Waals surface area contributed by atoms with Crippen molar-refractivity contribution in [1.82, 2.24) is 14.6 Å². The van der Waals surface area contributed by atoms with Crippen molar-refractivity contribution in [3.63, 3.8) is 0 Å². The predicted octanol–water partition coefficient (Wildman–Crippen LogP) is 0.480. The second kappa shape index (κ2) is 4.57. The van der Waals surface area contributed by atoms with Crippen molar-refractivity contribution in [2.45, 2.75) is 25.3 Å². The summed E-state index contributed by atoms with van der Waals surface area (Å²) in [6, 6.07) is 3.85. The number of nitrogens with zero attached hydrogens (tertiary/aromatic N) is 3. The predicted molar refractivity (Wildman–Crippen MR) is 71.5 cm³/mol. The second-order valence-corrected chi connectivity index (χ2v) is 7.22. The summed E-state index contributed by atoms with van der Waals surface area (Å²) in [5, 5.41) is 8.42. The van der Waals surface area contributed by atoms with Gasteiger partial charge in [-0.2, -0.15) is 0 Å². The van der Waals surface area contributed by atoms with E-state index in [9.17, 15) is 8.42 Å². The van der Waals surface area contributed by atoms with Crippen LogP contribution in [0.25, 0.3) is 5.65 Å². The van der Waals surface area contributed by atoms with Crippen LogP contribution in [0.5, 0.6) is 0 Å². The lowest BCUT2D eigenvalue weighted by Gasteiger charge is -2.20. The van der Waals surface area contributed by atoms with Crippen LogP contribution in [0.2, 0.25) is 0 Å². The normalized spacial score (nSPS) is 19.8. The van der Waals surface area contributed by atoms with E-state index in [4.69, 9.17) is 5.73 Å². The average molecular weight is 280 g/mol. The maximum atomic E-state index is 11.5. The van der Waals surface area contributed by atoms with Crippen molar-refractivity contribution in [2.75, 3.05) is 11.5 Å². The molecule has 1 fully saturated rings. The van der Waals surface area contributed by atoms with Gasteiger partial charge in [0.2, 0.25) is 0 Å². The van der Waals surface area contributed by atoms with E-state index in [2.05, 4.69) is 10.2 Å². The Labute approximate surface area is 111 Å². The number of aromatic nitrogens is 3. The first-order valence-corrected chi connectivity index (χ1v) is 8.16. The third kappa shape index (κ3) is 2.23. The number of fused-ring (bicyclic) bond motifs is 1. The van der Waals surface area contributed by atoms with E-state index in [0.29, 0.717) is 19.4 Å². The summed E-state index contributed by atoms with van der Waals surface area (Å²) in [5.41, 5.74) is 7.40. The van der Waals surface area contributed by atoms with Crippen molar-refractivity contribution in [3.05, 3.63) is 29.7 Å². The minimum Gasteiger partial charge on any atom is -0.326 e. The molecule has 0 atom stereocenters. The molecule has 0 radical (unpaired) electrons. The van der Waals surface area contributed by atoms with Gasteiger partial charge in [0.1, 0.15) is 15.7 Å². The highest BCUT2D eigenvalue weighted by Gasteiger charge is 2.28. The van der Waals surface area contributed by atoms with E-state index in [1.165, 1.54) is 0 Å². The molecule has 2 aromatic heterocycles. The molecule has 1 aliphatic rings. The molecule has 0 saturated carbocycles. The van der Waals surface area contributed by atoms with Crippen molar-refractivity contribution >= 4 is 15.5 Å². The van der Waals surface area contributed by atoms with E-state index in [1.54, 1.807) is 0 Å². The summed E-state index contributed by atoms with van der Waals surface area (Å²) in [5.74, 6) is 1.48. The Hall–Kier alpha value is -1.47. The van der Waals surface area contributed by atoms with E-state index >= 15 is 0 Å². The number of nitrogens with two attached hydrogens (primary N) is 1. The van der Waals surface area contributed by atoms with Gasteiger partial charge in [-0.15, -0.1) is 10.2 Å². The fourth-order valence-electron chi connectivity index (χ4n) is 2.58. The molecule has 0 amide bonds. The van der Waals surface area contributed by atoms with E-state index in [-0.39, 0.29) is 17.4 Å². The van der Waals surface area contributed by atoms with Gasteiger partial charge >= 0.3 is 0 Å². The molecule has 1 aliphatic heterocycles. The Kier molecular flexibility index (Phi) is 3.02. The van der Waals surface area contributed by atoms with Gasteiger partial charge < -0.3 is 5.73 Å². The highest BCUT2D eigenvalue weighted by Crippen LogP contribution is 2.28. The van der Waals surface area contributed by atoms with Crippen LogP contribution in [-0.2, 0) is 16.4 Å². The lowest BCUT2D eigenvalue weighted by Crippen LogP contribution is -2.23. The van der Waals surface area contributed by atoms with Gasteiger partial charge in [-0.25, -0.2) is 8.42 Å². The molecule has 0 aromatic carbocycles. The fourth-order valence-corrected chi connectivity index (χ4v) is 4.07. The molecule has 2 aromatic rings. The molecular weight excluding hydrogens is 264 g/mol. The molecule has 1 saturated heterocycles. The Morgan fingerprint density at radius 2 is 2.05 bits per heavy atom. The van der Waals surface area contributed by atoms with Crippen LogP contribution in [0.1, 0.15) is 30.1 Å². The van der Waals surface area contributed by atoms with Crippen LogP contribution < -0.4 is 5.73 Å². The second-order valence-electron chi connectivity index (χ2n) is 4.92. The number of hydrogen-bond donors (Lipinski definition) is 1. The Morgan fingerprint density at radius 1 is 1.32 bits per heavy atom. The molecule has 0 bridgehead atoms. The average Bonchev–Trinajstić information content (AvgIpc) is 2.82. The quantitative estimate of drug-likeness (QED) is 0.864. The van der Waals surface area contributed by atoms with Crippen molar-refractivity contribution in [3.8, 4) is 0 Å². The van der Waals surface area contributed by atoms with Gasteiger partial charge in [0.25, 0.3) is 0 Å². The van der Waals surface area contributed by atoms with Gasteiger partial charge in [-0.05, 0) is 18.9 Å². The van der Waals surface area contributed by atoms with E-state index in [0.717, 1.165) is 17.0 Å². The van der Waals surface area contributed by atoms with Crippen LogP contribution in [0.3, 0.4) is 0 Å². The molecule has 3 rings (SSSR count). The molecule has 0 unspecified atom stereocenters. The number of sulfone groups is 1. The van der Waals surface area contributed by atoms with Gasteiger partial charge in [0, 0.05) is 24.2 Å². The van der Waals surface area contributed by atoms with Gasteiger partial charge in [-0.3, -0.25) is 4.40 Å². The van der Waals surface area contributed by atoms with E-state index in [1.807, 2.05) is 22.7 Å². The fraction of sp³-hybridized carbons (Fsp3) is 0.500. The van der Waals surface area contributed by atoms with Gasteiger partial charge in [0.15, 0.2) is 5.65 Å². The highest BCUT2D eigenvalue weighted by atomic mass is 32.2. The zero-order valence-electron chi connectivity index (χ0n) is 10.5. The van der Waals surface area contributed by atoms with Gasteiger partial charge in [-0.1, -0.05) is 6.07 Å². The van der Waals surface area contributed by atoms with Gasteiger partial charge in [0.05, 0.1) is 11.5 Å². The van der Waals surface area contributed by atoms with Crippen LogP contribution in [-0.4, -0.2) is 34.5 Å². The maximum absolute atomic E-state index is 11.5. The summed E-state index contributed by atoms with van der Waals surface area (Å²) in [4.78, 5) is 0. The number of rotatable bonds is 2. The molecule has 102 valence electrons. The molecule has 0 aliphatic carbocycles. The summed E-state index contributed by atoms with van der Waals surface area (Å²) in [6.07, 6.45) is 3.15. The Balaban J connectivity index is 1.98. The summed E-state index contributed by atoms with van der Waals surface area (Å²) in [7, 11) is -2.85. The lowest BCUT2D eigenvalue weighted by atomic mass is 10.0. The largest absolute Gasteiger partial charge is 0.326 e. The topological polar surface area (TPSA) is 90.3 Å². The SMILES string of the molecule is NCc1cccn2c(C3CCS(=O)(=O)CC3)nnc12. The molecule has 2 N–H and O–H groups in total. The molecule has 6 nitrogen and oxygen atoms in total. The molecular formula is C12H16N4O2S. The standard InChI is InChI=1S/C12H16N4O2S/c13-8-10-2-1-5-16-11(14-15-12(10)16)9-3-6-19(17,18)7-4-9/h1-2,5,9H,3-4,6-8,13H2. The zero-order valence-corrected chi connectivity index (χ0v) is 11.3. The zero-order chi connectivity index (χ0) is 13.5. The first kappa shape index (κ1) is 12.6. The minimum absolute atomic E-state index is 0.159. The molecule has 3 heterocycles. The Morgan fingerprint density at radius 3 is 2.74 bits per heavy atom. The highest BCUT2D eigenvalue weighted by molar-refractivity contribution is 7.91. The summed E-state index contributed by atoms with van der Waals surface area (Å²) in [6.45, 7) is 0.418. The number of pyridine rings is 1. The Bertz CT molecular complexity index is 694. The smallest absolute Gasteiger partial charge is 0.165 e. The third-order valence-corrected chi connectivity index (χ3v) is 5.40. The monoisotopic (exact) mass is 280 g/mol. The van der Waals surface area contributed by atoms with Crippen molar-refractivity contribution in [2.24, 2.45) is 5.73 Å².